The SMILES string of the molecule is CCCNCCNC(=O)c1sccc1C(C)C.Cl. The number of carbonyl (C=O) groups excluding carboxylic acids is 1. The summed E-state index contributed by atoms with van der Waals surface area (Å²) in [5.41, 5.74) is 1.15. The maximum Gasteiger partial charge on any atom is 0.261 e. The molecule has 0 aliphatic heterocycles. The Hall–Kier alpha value is -0.580. The van der Waals surface area contributed by atoms with Crippen LogP contribution in [0.1, 0.15) is 48.3 Å². The fourth-order valence-corrected chi connectivity index (χ4v) is 2.57. The molecular formula is C13H23ClN2OS. The second kappa shape index (κ2) is 9.36. The minimum atomic E-state index is 0. The van der Waals surface area contributed by atoms with Crippen molar-refractivity contribution in [1.82, 2.24) is 10.6 Å². The van der Waals surface area contributed by atoms with E-state index < -0.39 is 0 Å². The van der Waals surface area contributed by atoms with Gasteiger partial charge in [-0.1, -0.05) is 20.8 Å². The molecule has 1 heterocycles. The topological polar surface area (TPSA) is 41.1 Å². The van der Waals surface area contributed by atoms with E-state index in [1.165, 1.54) is 11.3 Å². The normalized spacial score (nSPS) is 10.2. The predicted octanol–water partition coefficient (Wildman–Crippen LogP) is 3.02. The summed E-state index contributed by atoms with van der Waals surface area (Å²) in [6, 6.07) is 2.04. The Labute approximate surface area is 120 Å². The summed E-state index contributed by atoms with van der Waals surface area (Å²) >= 11 is 1.52. The van der Waals surface area contributed by atoms with Crippen LogP contribution in [-0.2, 0) is 0 Å². The standard InChI is InChI=1S/C13H22N2OS.ClH/c1-4-6-14-7-8-15-13(16)12-11(10(2)3)5-9-17-12;/h5,9-10,14H,4,6-8H2,1-3H3,(H,15,16);1H. The van der Waals surface area contributed by atoms with E-state index in [0.29, 0.717) is 12.5 Å². The summed E-state index contributed by atoms with van der Waals surface area (Å²) in [6.45, 7) is 8.89. The fraction of sp³-hybridized carbons (Fsp3) is 0.615. The van der Waals surface area contributed by atoms with Crippen molar-refractivity contribution in [3.8, 4) is 0 Å². The van der Waals surface area contributed by atoms with Crippen molar-refractivity contribution in [2.45, 2.75) is 33.1 Å². The molecule has 2 N–H and O–H groups in total. The second-order valence-electron chi connectivity index (χ2n) is 4.37. The maximum atomic E-state index is 11.9. The Balaban J connectivity index is 0.00000289. The van der Waals surface area contributed by atoms with E-state index in [9.17, 15) is 4.79 Å². The summed E-state index contributed by atoms with van der Waals surface area (Å²) < 4.78 is 0. The number of thiophene rings is 1. The fourth-order valence-electron chi connectivity index (χ4n) is 1.60. The van der Waals surface area contributed by atoms with Crippen LogP contribution < -0.4 is 10.6 Å². The molecular weight excluding hydrogens is 268 g/mol. The van der Waals surface area contributed by atoms with E-state index in [0.717, 1.165) is 30.0 Å². The van der Waals surface area contributed by atoms with E-state index in [1.807, 2.05) is 11.4 Å². The van der Waals surface area contributed by atoms with Gasteiger partial charge in [0.1, 0.15) is 0 Å². The summed E-state index contributed by atoms with van der Waals surface area (Å²) in [5, 5.41) is 8.20. The molecule has 0 spiro atoms. The Morgan fingerprint density at radius 1 is 1.33 bits per heavy atom. The zero-order chi connectivity index (χ0) is 12.7. The summed E-state index contributed by atoms with van der Waals surface area (Å²) in [7, 11) is 0. The molecule has 18 heavy (non-hydrogen) atoms. The second-order valence-corrected chi connectivity index (χ2v) is 5.28. The Bertz CT molecular complexity index is 353. The molecule has 5 heteroatoms. The van der Waals surface area contributed by atoms with Crippen LogP contribution in [0.25, 0.3) is 0 Å². The van der Waals surface area contributed by atoms with Crippen LogP contribution in [0.4, 0.5) is 0 Å². The number of hydrogen-bond donors (Lipinski definition) is 2. The number of hydrogen-bond acceptors (Lipinski definition) is 3. The molecule has 0 aliphatic rings. The first-order valence-corrected chi connectivity index (χ1v) is 7.11. The van der Waals surface area contributed by atoms with Crippen molar-refractivity contribution in [3.05, 3.63) is 21.9 Å². The van der Waals surface area contributed by atoms with E-state index in [1.54, 1.807) is 0 Å². The molecule has 0 saturated heterocycles. The van der Waals surface area contributed by atoms with Gasteiger partial charge in [-0.3, -0.25) is 4.79 Å². The van der Waals surface area contributed by atoms with Crippen molar-refractivity contribution >= 4 is 29.7 Å². The summed E-state index contributed by atoms with van der Waals surface area (Å²) in [5.74, 6) is 0.460. The summed E-state index contributed by atoms with van der Waals surface area (Å²) in [6.07, 6.45) is 1.12. The van der Waals surface area contributed by atoms with Crippen molar-refractivity contribution in [2.75, 3.05) is 19.6 Å². The highest BCUT2D eigenvalue weighted by molar-refractivity contribution is 7.12. The Kier molecular flexibility index (Phi) is 9.06. The van der Waals surface area contributed by atoms with Gasteiger partial charge in [-0.2, -0.15) is 0 Å². The van der Waals surface area contributed by atoms with Gasteiger partial charge in [0.2, 0.25) is 0 Å². The van der Waals surface area contributed by atoms with Gasteiger partial charge >= 0.3 is 0 Å². The Morgan fingerprint density at radius 2 is 2.06 bits per heavy atom. The van der Waals surface area contributed by atoms with Crippen molar-refractivity contribution in [1.29, 1.82) is 0 Å². The average molecular weight is 291 g/mol. The third kappa shape index (κ3) is 5.38. The van der Waals surface area contributed by atoms with Gasteiger partial charge in [0.15, 0.2) is 0 Å². The van der Waals surface area contributed by atoms with E-state index in [-0.39, 0.29) is 18.3 Å². The monoisotopic (exact) mass is 290 g/mol. The molecule has 0 aromatic carbocycles. The minimum Gasteiger partial charge on any atom is -0.350 e. The number of rotatable bonds is 7. The first-order chi connectivity index (χ1) is 8.16. The molecule has 3 nitrogen and oxygen atoms in total. The third-order valence-corrected chi connectivity index (χ3v) is 3.47. The quantitative estimate of drug-likeness (QED) is 0.758. The van der Waals surface area contributed by atoms with Crippen LogP contribution in [0, 0.1) is 0 Å². The summed E-state index contributed by atoms with van der Waals surface area (Å²) in [4.78, 5) is 12.8. The van der Waals surface area contributed by atoms with Crippen LogP contribution in [0.2, 0.25) is 0 Å². The van der Waals surface area contributed by atoms with Gasteiger partial charge in [0.05, 0.1) is 4.88 Å². The molecule has 0 saturated carbocycles. The molecule has 0 atom stereocenters. The number of halogens is 1. The molecule has 104 valence electrons. The predicted molar refractivity (Wildman–Crippen MR) is 81.1 cm³/mol. The van der Waals surface area contributed by atoms with Gasteiger partial charge in [-0.25, -0.2) is 0 Å². The van der Waals surface area contributed by atoms with Gasteiger partial charge < -0.3 is 10.6 Å². The van der Waals surface area contributed by atoms with Gasteiger partial charge in [-0.05, 0) is 35.9 Å². The van der Waals surface area contributed by atoms with Gasteiger partial charge in [0.25, 0.3) is 5.91 Å². The van der Waals surface area contributed by atoms with Crippen LogP contribution in [0.3, 0.4) is 0 Å². The highest BCUT2D eigenvalue weighted by Crippen LogP contribution is 2.24. The van der Waals surface area contributed by atoms with E-state index >= 15 is 0 Å². The first-order valence-electron chi connectivity index (χ1n) is 6.23. The van der Waals surface area contributed by atoms with Crippen LogP contribution >= 0.6 is 23.7 Å². The molecule has 0 fully saturated rings. The van der Waals surface area contributed by atoms with Crippen LogP contribution in [0.15, 0.2) is 11.4 Å². The molecule has 1 amide bonds. The smallest absolute Gasteiger partial charge is 0.261 e. The van der Waals surface area contributed by atoms with Crippen molar-refractivity contribution in [3.63, 3.8) is 0 Å². The largest absolute Gasteiger partial charge is 0.350 e. The lowest BCUT2D eigenvalue weighted by molar-refractivity contribution is 0.0957. The minimum absolute atomic E-state index is 0. The number of nitrogens with one attached hydrogen (secondary N) is 2. The number of carbonyl (C=O) groups is 1. The third-order valence-electron chi connectivity index (χ3n) is 2.54. The molecule has 0 unspecified atom stereocenters. The van der Waals surface area contributed by atoms with E-state index in [4.69, 9.17) is 0 Å². The lowest BCUT2D eigenvalue weighted by Gasteiger charge is -2.08. The highest BCUT2D eigenvalue weighted by atomic mass is 35.5. The van der Waals surface area contributed by atoms with Crippen molar-refractivity contribution < 1.29 is 4.79 Å². The van der Waals surface area contributed by atoms with E-state index in [2.05, 4.69) is 31.4 Å². The maximum absolute atomic E-state index is 11.9. The lowest BCUT2D eigenvalue weighted by atomic mass is 10.0. The van der Waals surface area contributed by atoms with Crippen LogP contribution in [0.5, 0.6) is 0 Å². The zero-order valence-corrected chi connectivity index (χ0v) is 12.9. The highest BCUT2D eigenvalue weighted by Gasteiger charge is 2.14. The molecule has 1 rings (SSSR count). The zero-order valence-electron chi connectivity index (χ0n) is 11.3. The molecule has 0 radical (unpaired) electrons. The Morgan fingerprint density at radius 3 is 2.67 bits per heavy atom. The molecule has 1 aromatic rings. The first kappa shape index (κ1) is 17.4. The van der Waals surface area contributed by atoms with Crippen molar-refractivity contribution in [2.24, 2.45) is 0 Å². The van der Waals surface area contributed by atoms with Gasteiger partial charge in [0, 0.05) is 13.1 Å². The van der Waals surface area contributed by atoms with Gasteiger partial charge in [-0.15, -0.1) is 23.7 Å². The lowest BCUT2D eigenvalue weighted by Crippen LogP contribution is -2.32. The number of amides is 1. The van der Waals surface area contributed by atoms with Crippen LogP contribution in [-0.4, -0.2) is 25.5 Å². The molecule has 0 bridgehead atoms. The molecule has 0 aliphatic carbocycles. The average Bonchev–Trinajstić information content (AvgIpc) is 2.77. The molecule has 1 aromatic heterocycles.